The highest BCUT2D eigenvalue weighted by atomic mass is 19.1. The third-order valence-corrected chi connectivity index (χ3v) is 2.05. The zero-order valence-electron chi connectivity index (χ0n) is 8.57. The van der Waals surface area contributed by atoms with Gasteiger partial charge in [-0.05, 0) is 24.1 Å². The van der Waals surface area contributed by atoms with E-state index in [1.807, 2.05) is 6.92 Å². The van der Waals surface area contributed by atoms with E-state index in [1.54, 1.807) is 12.1 Å². The quantitative estimate of drug-likeness (QED) is 0.832. The molecule has 0 saturated heterocycles. The van der Waals surface area contributed by atoms with Gasteiger partial charge < -0.3 is 10.5 Å². The van der Waals surface area contributed by atoms with Gasteiger partial charge in [0.05, 0.1) is 0 Å². The Labute approximate surface area is 88.0 Å². The summed E-state index contributed by atoms with van der Waals surface area (Å²) < 4.78 is 17.6. The predicted octanol–water partition coefficient (Wildman–Crippen LogP) is 2.76. The molecule has 0 bridgehead atoms. The van der Waals surface area contributed by atoms with Gasteiger partial charge in [-0.25, -0.2) is 9.18 Å². The monoisotopic (exact) mass is 211 g/mol. The average Bonchev–Trinajstić information content (AvgIpc) is 2.17. The minimum Gasteiger partial charge on any atom is -0.442 e. The highest BCUT2D eigenvalue weighted by Crippen LogP contribution is 2.22. The summed E-state index contributed by atoms with van der Waals surface area (Å²) in [6.07, 6.45) is 0.343. The largest absolute Gasteiger partial charge is 0.442 e. The molecule has 82 valence electrons. The Bertz CT molecular complexity index is 324. The maximum Gasteiger partial charge on any atom is 0.405 e. The predicted molar refractivity (Wildman–Crippen MR) is 54.7 cm³/mol. The fourth-order valence-corrected chi connectivity index (χ4v) is 1.37. The van der Waals surface area contributed by atoms with Crippen LogP contribution in [0.5, 0.6) is 0 Å². The van der Waals surface area contributed by atoms with Gasteiger partial charge in [0.2, 0.25) is 0 Å². The van der Waals surface area contributed by atoms with E-state index in [9.17, 15) is 9.18 Å². The Kier molecular flexibility index (Phi) is 4.09. The van der Waals surface area contributed by atoms with Crippen LogP contribution >= 0.6 is 0 Å². The van der Waals surface area contributed by atoms with Crippen LogP contribution in [0, 0.1) is 5.82 Å². The summed E-state index contributed by atoms with van der Waals surface area (Å²) in [6.45, 7) is 1.97. The van der Waals surface area contributed by atoms with Crippen LogP contribution in [0.25, 0.3) is 0 Å². The molecule has 0 aromatic heterocycles. The van der Waals surface area contributed by atoms with E-state index < -0.39 is 6.09 Å². The third kappa shape index (κ3) is 3.58. The number of amides is 1. The van der Waals surface area contributed by atoms with Crippen molar-refractivity contribution in [2.45, 2.75) is 25.9 Å². The Morgan fingerprint density at radius 2 is 2.07 bits per heavy atom. The second-order valence-corrected chi connectivity index (χ2v) is 3.27. The minimum atomic E-state index is -0.808. The molecule has 0 aliphatic rings. The molecule has 3 nitrogen and oxygen atoms in total. The maximum atomic E-state index is 12.7. The van der Waals surface area contributed by atoms with Crippen molar-refractivity contribution in [1.82, 2.24) is 0 Å². The molecule has 0 heterocycles. The number of ether oxygens (including phenoxy) is 1. The van der Waals surface area contributed by atoms with Gasteiger partial charge in [0.1, 0.15) is 11.9 Å². The number of carbonyl (C=O) groups excluding carboxylic acids is 1. The summed E-state index contributed by atoms with van der Waals surface area (Å²) in [4.78, 5) is 10.7. The van der Waals surface area contributed by atoms with E-state index in [1.165, 1.54) is 12.1 Å². The van der Waals surface area contributed by atoms with Crippen molar-refractivity contribution < 1.29 is 13.9 Å². The third-order valence-electron chi connectivity index (χ3n) is 2.05. The summed E-state index contributed by atoms with van der Waals surface area (Å²) in [5, 5.41) is 0. The van der Waals surface area contributed by atoms with Crippen LogP contribution in [0.3, 0.4) is 0 Å². The molecule has 0 fully saturated rings. The van der Waals surface area contributed by atoms with Crippen LogP contribution in [0.1, 0.15) is 31.4 Å². The highest BCUT2D eigenvalue weighted by molar-refractivity contribution is 5.65. The Morgan fingerprint density at radius 1 is 1.47 bits per heavy atom. The average molecular weight is 211 g/mol. The molecule has 1 rings (SSSR count). The van der Waals surface area contributed by atoms with Gasteiger partial charge >= 0.3 is 6.09 Å². The van der Waals surface area contributed by atoms with Crippen LogP contribution in [-0.4, -0.2) is 6.09 Å². The zero-order chi connectivity index (χ0) is 11.3. The van der Waals surface area contributed by atoms with Crippen LogP contribution in [-0.2, 0) is 4.74 Å². The lowest BCUT2D eigenvalue weighted by Gasteiger charge is -2.15. The number of hydrogen-bond acceptors (Lipinski definition) is 2. The molecule has 4 heteroatoms. The first-order valence-corrected chi connectivity index (χ1v) is 4.85. The van der Waals surface area contributed by atoms with Gasteiger partial charge in [0.15, 0.2) is 0 Å². The van der Waals surface area contributed by atoms with Crippen molar-refractivity contribution in [2.24, 2.45) is 5.73 Å². The number of primary amides is 1. The topological polar surface area (TPSA) is 52.3 Å². The molecule has 0 aliphatic carbocycles. The van der Waals surface area contributed by atoms with Crippen LogP contribution in [0.2, 0.25) is 0 Å². The lowest BCUT2D eigenvalue weighted by atomic mass is 10.1. The van der Waals surface area contributed by atoms with Crippen molar-refractivity contribution in [3.05, 3.63) is 35.6 Å². The summed E-state index contributed by atoms with van der Waals surface area (Å²) in [6, 6.07) is 5.86. The Morgan fingerprint density at radius 3 is 2.53 bits per heavy atom. The van der Waals surface area contributed by atoms with Crippen molar-refractivity contribution in [3.8, 4) is 0 Å². The number of nitrogens with two attached hydrogens (primary N) is 1. The van der Waals surface area contributed by atoms with E-state index in [0.29, 0.717) is 6.42 Å². The summed E-state index contributed by atoms with van der Waals surface area (Å²) in [7, 11) is 0. The van der Waals surface area contributed by atoms with Gasteiger partial charge in [-0.15, -0.1) is 0 Å². The summed E-state index contributed by atoms with van der Waals surface area (Å²) >= 11 is 0. The first-order valence-electron chi connectivity index (χ1n) is 4.85. The van der Waals surface area contributed by atoms with Crippen molar-refractivity contribution in [3.63, 3.8) is 0 Å². The van der Waals surface area contributed by atoms with Crippen molar-refractivity contribution in [1.29, 1.82) is 0 Å². The van der Waals surface area contributed by atoms with Gasteiger partial charge in [0.25, 0.3) is 0 Å². The Balaban J connectivity index is 2.78. The molecule has 0 aliphatic heterocycles. The Hall–Kier alpha value is -1.58. The smallest absolute Gasteiger partial charge is 0.405 e. The van der Waals surface area contributed by atoms with Crippen molar-refractivity contribution in [2.75, 3.05) is 0 Å². The fraction of sp³-hybridized carbons (Fsp3) is 0.364. The number of benzene rings is 1. The molecule has 0 saturated carbocycles. The van der Waals surface area contributed by atoms with Gasteiger partial charge in [-0.2, -0.15) is 0 Å². The van der Waals surface area contributed by atoms with Crippen LogP contribution in [0.15, 0.2) is 24.3 Å². The standard InChI is InChI=1S/C11H14FNO2/c1-2-3-10(15-11(13)14)8-4-6-9(12)7-5-8/h4-7,10H,2-3H2,1H3,(H2,13,14). The molecular weight excluding hydrogens is 197 g/mol. The van der Waals surface area contributed by atoms with Crippen LogP contribution in [0.4, 0.5) is 9.18 Å². The summed E-state index contributed by atoms with van der Waals surface area (Å²) in [5.74, 6) is -0.312. The van der Waals surface area contributed by atoms with E-state index in [0.717, 1.165) is 12.0 Å². The minimum absolute atomic E-state index is 0.312. The van der Waals surface area contributed by atoms with Crippen molar-refractivity contribution >= 4 is 6.09 Å². The molecule has 1 aromatic rings. The normalized spacial score (nSPS) is 12.1. The SMILES string of the molecule is CCCC(OC(N)=O)c1ccc(F)cc1. The molecule has 1 amide bonds. The number of halogens is 1. The van der Waals surface area contributed by atoms with E-state index in [4.69, 9.17) is 10.5 Å². The molecule has 15 heavy (non-hydrogen) atoms. The summed E-state index contributed by atoms with van der Waals surface area (Å²) in [5.41, 5.74) is 5.72. The van der Waals surface area contributed by atoms with Crippen LogP contribution < -0.4 is 5.73 Å². The first-order chi connectivity index (χ1) is 7.13. The number of hydrogen-bond donors (Lipinski definition) is 1. The van der Waals surface area contributed by atoms with Gasteiger partial charge in [0, 0.05) is 0 Å². The van der Waals surface area contributed by atoms with E-state index in [2.05, 4.69) is 0 Å². The molecular formula is C11H14FNO2. The zero-order valence-corrected chi connectivity index (χ0v) is 8.57. The molecule has 0 spiro atoms. The molecule has 1 atom stereocenters. The number of carbonyl (C=O) groups is 1. The maximum absolute atomic E-state index is 12.7. The molecule has 1 aromatic carbocycles. The molecule has 1 unspecified atom stereocenters. The number of rotatable bonds is 4. The molecule has 2 N–H and O–H groups in total. The van der Waals surface area contributed by atoms with E-state index >= 15 is 0 Å². The van der Waals surface area contributed by atoms with E-state index in [-0.39, 0.29) is 11.9 Å². The van der Waals surface area contributed by atoms with Gasteiger partial charge in [-0.3, -0.25) is 0 Å². The molecule has 0 radical (unpaired) electrons. The van der Waals surface area contributed by atoms with Gasteiger partial charge in [-0.1, -0.05) is 25.5 Å². The second-order valence-electron chi connectivity index (χ2n) is 3.27. The lowest BCUT2D eigenvalue weighted by Crippen LogP contribution is -2.17. The second kappa shape index (κ2) is 5.34. The highest BCUT2D eigenvalue weighted by Gasteiger charge is 2.13. The first kappa shape index (κ1) is 11.5. The lowest BCUT2D eigenvalue weighted by molar-refractivity contribution is 0.101. The fourth-order valence-electron chi connectivity index (χ4n) is 1.37.